The summed E-state index contributed by atoms with van der Waals surface area (Å²) in [5.41, 5.74) is 2.41. The van der Waals surface area contributed by atoms with Crippen LogP contribution in [0.4, 0.5) is 8.78 Å². The predicted molar refractivity (Wildman–Crippen MR) is 98.4 cm³/mol. The number of furan rings is 2. The summed E-state index contributed by atoms with van der Waals surface area (Å²) in [7, 11) is 0. The molecule has 0 saturated heterocycles. The van der Waals surface area contributed by atoms with E-state index in [4.69, 9.17) is 8.83 Å². The molecule has 0 aliphatic carbocycles. The lowest BCUT2D eigenvalue weighted by atomic mass is 10.0. The van der Waals surface area contributed by atoms with Gasteiger partial charge < -0.3 is 8.83 Å². The van der Waals surface area contributed by atoms with Gasteiger partial charge in [0, 0.05) is 44.5 Å². The molecule has 2 heterocycles. The van der Waals surface area contributed by atoms with Crippen LogP contribution in [0.25, 0.3) is 54.6 Å². The highest BCUT2D eigenvalue weighted by atomic mass is 19.1. The number of hydrogen-bond acceptors (Lipinski definition) is 2. The molecule has 2 nitrogen and oxygen atoms in total. The second-order valence-corrected chi connectivity index (χ2v) is 6.46. The summed E-state index contributed by atoms with van der Waals surface area (Å²) in [6, 6.07) is 16.9. The van der Waals surface area contributed by atoms with E-state index in [9.17, 15) is 8.78 Å². The highest BCUT2D eigenvalue weighted by molar-refractivity contribution is 6.22. The first-order chi connectivity index (χ1) is 12.7. The minimum Gasteiger partial charge on any atom is -0.455 e. The van der Waals surface area contributed by atoms with E-state index in [-0.39, 0.29) is 11.6 Å². The molecule has 0 saturated carbocycles. The Balaban J connectivity index is 1.81. The van der Waals surface area contributed by atoms with Gasteiger partial charge in [-0.3, -0.25) is 0 Å². The van der Waals surface area contributed by atoms with Gasteiger partial charge in [0.2, 0.25) is 0 Å². The van der Waals surface area contributed by atoms with Crippen molar-refractivity contribution in [2.75, 3.05) is 0 Å². The molecule has 4 heteroatoms. The maximum Gasteiger partial charge on any atom is 0.143 e. The van der Waals surface area contributed by atoms with Crippen LogP contribution in [0.5, 0.6) is 0 Å². The molecule has 0 aliphatic rings. The maximum atomic E-state index is 13.5. The third-order valence-electron chi connectivity index (χ3n) is 4.99. The molecule has 0 unspecified atom stereocenters. The Hall–Kier alpha value is -3.40. The van der Waals surface area contributed by atoms with Crippen LogP contribution in [0, 0.1) is 11.6 Å². The van der Waals surface area contributed by atoms with Crippen LogP contribution >= 0.6 is 0 Å². The first-order valence-electron chi connectivity index (χ1n) is 8.24. The van der Waals surface area contributed by atoms with Gasteiger partial charge in [0.25, 0.3) is 0 Å². The summed E-state index contributed by atoms with van der Waals surface area (Å²) in [6.07, 6.45) is 0. The molecule has 6 rings (SSSR count). The van der Waals surface area contributed by atoms with Gasteiger partial charge in [-0.05, 0) is 48.5 Å². The van der Waals surface area contributed by atoms with Crippen LogP contribution < -0.4 is 0 Å². The Morgan fingerprint density at radius 1 is 0.462 bits per heavy atom. The minimum absolute atomic E-state index is 0.331. The summed E-state index contributed by atoms with van der Waals surface area (Å²) in [4.78, 5) is 0. The van der Waals surface area contributed by atoms with Crippen LogP contribution in [0.3, 0.4) is 0 Å². The van der Waals surface area contributed by atoms with Crippen molar-refractivity contribution >= 4 is 54.6 Å². The molecule has 0 spiro atoms. The summed E-state index contributed by atoms with van der Waals surface area (Å²) in [6.45, 7) is 0. The third-order valence-corrected chi connectivity index (χ3v) is 4.99. The van der Waals surface area contributed by atoms with E-state index in [2.05, 4.69) is 0 Å². The average molecular weight is 344 g/mol. The molecule has 0 bridgehead atoms. The monoisotopic (exact) mass is 344 g/mol. The van der Waals surface area contributed by atoms with Crippen molar-refractivity contribution in [1.29, 1.82) is 0 Å². The van der Waals surface area contributed by atoms with Gasteiger partial charge in [0.05, 0.1) is 0 Å². The van der Waals surface area contributed by atoms with Crippen LogP contribution in [-0.4, -0.2) is 0 Å². The summed E-state index contributed by atoms with van der Waals surface area (Å²) in [5, 5.41) is 5.35. The maximum absolute atomic E-state index is 13.5. The molecule has 2 aromatic heterocycles. The van der Waals surface area contributed by atoms with E-state index < -0.39 is 0 Å². The van der Waals surface area contributed by atoms with Crippen molar-refractivity contribution in [2.24, 2.45) is 0 Å². The Bertz CT molecular complexity index is 1390. The fourth-order valence-electron chi connectivity index (χ4n) is 3.82. The summed E-state index contributed by atoms with van der Waals surface area (Å²) < 4.78 is 39.0. The van der Waals surface area contributed by atoms with Gasteiger partial charge in [0.1, 0.15) is 34.0 Å². The molecule has 26 heavy (non-hydrogen) atoms. The van der Waals surface area contributed by atoms with Crippen molar-refractivity contribution in [2.45, 2.75) is 0 Å². The zero-order valence-corrected chi connectivity index (χ0v) is 13.3. The lowest BCUT2D eigenvalue weighted by Gasteiger charge is -1.99. The molecule has 0 aliphatic heterocycles. The Morgan fingerprint density at radius 2 is 0.808 bits per heavy atom. The standard InChI is InChI=1S/C22H10F2O2/c23-11-1-3-13-15-5-7-18-17(21(15)25-19(13)9-11)8-6-16-14-4-2-12(24)10-20(14)26-22(16)18/h1-10H. The van der Waals surface area contributed by atoms with Gasteiger partial charge in [0.15, 0.2) is 0 Å². The van der Waals surface area contributed by atoms with E-state index >= 15 is 0 Å². The summed E-state index contributed by atoms with van der Waals surface area (Å²) >= 11 is 0. The summed E-state index contributed by atoms with van der Waals surface area (Å²) in [5.74, 6) is -0.662. The van der Waals surface area contributed by atoms with E-state index in [0.717, 1.165) is 32.3 Å². The Morgan fingerprint density at radius 3 is 1.23 bits per heavy atom. The van der Waals surface area contributed by atoms with Crippen LogP contribution in [-0.2, 0) is 0 Å². The highest BCUT2D eigenvalue weighted by Gasteiger charge is 2.15. The predicted octanol–water partition coefficient (Wildman–Crippen LogP) is 6.92. The Kier molecular flexibility index (Phi) is 2.45. The lowest BCUT2D eigenvalue weighted by Crippen LogP contribution is -1.75. The molecule has 0 atom stereocenters. The molecule has 4 aromatic carbocycles. The van der Waals surface area contributed by atoms with Crippen molar-refractivity contribution in [3.63, 3.8) is 0 Å². The number of rotatable bonds is 0. The van der Waals surface area contributed by atoms with E-state index in [1.54, 1.807) is 12.1 Å². The average Bonchev–Trinajstić information content (AvgIpc) is 3.18. The van der Waals surface area contributed by atoms with Crippen molar-refractivity contribution in [3.05, 3.63) is 72.3 Å². The van der Waals surface area contributed by atoms with Crippen molar-refractivity contribution in [1.82, 2.24) is 0 Å². The van der Waals surface area contributed by atoms with E-state index in [0.29, 0.717) is 22.3 Å². The van der Waals surface area contributed by atoms with E-state index in [1.807, 2.05) is 24.3 Å². The van der Waals surface area contributed by atoms with Crippen LogP contribution in [0.15, 0.2) is 69.5 Å². The van der Waals surface area contributed by atoms with Gasteiger partial charge >= 0.3 is 0 Å². The molecule has 0 radical (unpaired) electrons. The SMILES string of the molecule is Fc1ccc2c(c1)oc1c2ccc2c1ccc1c3ccc(F)cc3oc12. The smallest absolute Gasteiger partial charge is 0.143 e. The fourth-order valence-corrected chi connectivity index (χ4v) is 3.82. The molecule has 0 N–H and O–H groups in total. The first-order valence-corrected chi connectivity index (χ1v) is 8.24. The number of fused-ring (bicyclic) bond motifs is 9. The second-order valence-electron chi connectivity index (χ2n) is 6.46. The van der Waals surface area contributed by atoms with Crippen molar-refractivity contribution in [3.8, 4) is 0 Å². The molecule has 0 amide bonds. The number of hydrogen-bond donors (Lipinski definition) is 0. The third kappa shape index (κ3) is 1.68. The molecule has 0 fully saturated rings. The Labute approximate surface area is 145 Å². The number of benzene rings is 4. The van der Waals surface area contributed by atoms with Crippen LogP contribution in [0.2, 0.25) is 0 Å². The zero-order chi connectivity index (χ0) is 17.4. The van der Waals surface area contributed by atoms with Gasteiger partial charge in [-0.2, -0.15) is 0 Å². The van der Waals surface area contributed by atoms with Gasteiger partial charge in [-0.1, -0.05) is 0 Å². The number of halogens is 2. The molecular formula is C22H10F2O2. The van der Waals surface area contributed by atoms with Gasteiger partial charge in [-0.15, -0.1) is 0 Å². The quantitative estimate of drug-likeness (QED) is 0.299. The first kappa shape index (κ1) is 13.8. The second kappa shape index (κ2) is 4.61. The molecule has 124 valence electrons. The normalized spacial score (nSPS) is 12.2. The van der Waals surface area contributed by atoms with E-state index in [1.165, 1.54) is 24.3 Å². The molecular weight excluding hydrogens is 334 g/mol. The zero-order valence-electron chi connectivity index (χ0n) is 13.3. The minimum atomic E-state index is -0.331. The topological polar surface area (TPSA) is 26.3 Å². The van der Waals surface area contributed by atoms with Gasteiger partial charge in [-0.25, -0.2) is 8.78 Å². The molecule has 6 aromatic rings. The van der Waals surface area contributed by atoms with Crippen molar-refractivity contribution < 1.29 is 17.6 Å². The lowest BCUT2D eigenvalue weighted by molar-refractivity contribution is 0.617. The highest BCUT2D eigenvalue weighted by Crippen LogP contribution is 2.39. The largest absolute Gasteiger partial charge is 0.455 e. The fraction of sp³-hybridized carbons (Fsp3) is 0. The van der Waals surface area contributed by atoms with Crippen LogP contribution in [0.1, 0.15) is 0 Å².